The van der Waals surface area contributed by atoms with E-state index in [2.05, 4.69) is 39.3 Å². The molecule has 0 spiro atoms. The van der Waals surface area contributed by atoms with E-state index >= 15 is 0 Å². The summed E-state index contributed by atoms with van der Waals surface area (Å²) in [6, 6.07) is 0. The lowest BCUT2D eigenvalue weighted by Crippen LogP contribution is -2.33. The van der Waals surface area contributed by atoms with Crippen LogP contribution in [0.4, 0.5) is 11.8 Å². The molecule has 11 nitrogen and oxygen atoms in total. The van der Waals surface area contributed by atoms with E-state index in [0.717, 1.165) is 12.1 Å². The van der Waals surface area contributed by atoms with Gasteiger partial charge in [-0.2, -0.15) is 5.10 Å². The molecule has 0 aliphatic carbocycles. The summed E-state index contributed by atoms with van der Waals surface area (Å²) < 4.78 is 7.08. The van der Waals surface area contributed by atoms with Crippen LogP contribution in [0.1, 0.15) is 33.4 Å². The van der Waals surface area contributed by atoms with Gasteiger partial charge in [-0.15, -0.1) is 0 Å². The Morgan fingerprint density at radius 2 is 2.11 bits per heavy atom. The number of aliphatic hydroxyl groups excluding tert-OH is 3. The van der Waals surface area contributed by atoms with E-state index < -0.39 is 31.1 Å². The van der Waals surface area contributed by atoms with Crippen LogP contribution in [-0.2, 0) is 4.74 Å². The first-order valence-corrected chi connectivity index (χ1v) is 8.73. The average Bonchev–Trinajstić information content (AvgIpc) is 3.11. The van der Waals surface area contributed by atoms with Crippen LogP contribution in [0.5, 0.6) is 0 Å². The molecular formula is C16H25N7O4. The van der Waals surface area contributed by atoms with E-state index in [1.807, 2.05) is 6.92 Å². The number of nitrogens with two attached hydrogens (primary N) is 1. The third kappa shape index (κ3) is 3.72. The fourth-order valence-electron chi connectivity index (χ4n) is 3.12. The summed E-state index contributed by atoms with van der Waals surface area (Å²) in [4.78, 5) is 12.5. The van der Waals surface area contributed by atoms with Crippen LogP contribution in [0.2, 0.25) is 0 Å². The number of hydrazone groups is 1. The van der Waals surface area contributed by atoms with Gasteiger partial charge in [-0.05, 0) is 19.3 Å². The van der Waals surface area contributed by atoms with Crippen LogP contribution >= 0.6 is 0 Å². The predicted octanol–water partition coefficient (Wildman–Crippen LogP) is -0.146. The summed E-state index contributed by atoms with van der Waals surface area (Å²) in [6.07, 6.45) is -2.44. The number of imidazole rings is 1. The molecule has 3 rings (SSSR count). The molecule has 148 valence electrons. The number of aliphatic hydroxyl groups is 3. The van der Waals surface area contributed by atoms with Gasteiger partial charge in [0.05, 0.1) is 6.61 Å². The first-order valence-electron chi connectivity index (χ1n) is 8.73. The summed E-state index contributed by atoms with van der Waals surface area (Å²) in [5.74, 6) is 0.836. The van der Waals surface area contributed by atoms with Gasteiger partial charge in [0.25, 0.3) is 0 Å². The summed E-state index contributed by atoms with van der Waals surface area (Å²) in [5, 5.41) is 34.2. The fraction of sp³-hybridized carbons (Fsp3) is 0.625. The zero-order valence-electron chi connectivity index (χ0n) is 15.4. The largest absolute Gasteiger partial charge is 0.394 e. The number of hydrogen-bond acceptors (Lipinski definition) is 10. The summed E-state index contributed by atoms with van der Waals surface area (Å²) in [6.45, 7) is 5.63. The molecule has 0 radical (unpaired) electrons. The molecule has 6 N–H and O–H groups in total. The Kier molecular flexibility index (Phi) is 5.56. The molecule has 1 saturated heterocycles. The topological polar surface area (TPSA) is 164 Å². The Morgan fingerprint density at radius 1 is 1.37 bits per heavy atom. The molecule has 0 saturated carbocycles. The van der Waals surface area contributed by atoms with Gasteiger partial charge in [0.1, 0.15) is 24.6 Å². The zero-order chi connectivity index (χ0) is 19.7. The van der Waals surface area contributed by atoms with Crippen molar-refractivity contribution in [3.8, 4) is 0 Å². The smallest absolute Gasteiger partial charge is 0.228 e. The molecule has 27 heavy (non-hydrogen) atoms. The van der Waals surface area contributed by atoms with Gasteiger partial charge in [0, 0.05) is 5.71 Å². The minimum Gasteiger partial charge on any atom is -0.394 e. The highest BCUT2D eigenvalue weighted by atomic mass is 16.6. The van der Waals surface area contributed by atoms with Gasteiger partial charge in [-0.25, -0.2) is 20.4 Å². The van der Waals surface area contributed by atoms with Crippen LogP contribution in [0, 0.1) is 5.92 Å². The fourth-order valence-corrected chi connectivity index (χ4v) is 3.12. The highest BCUT2D eigenvalue weighted by Gasteiger charge is 2.45. The molecule has 4 unspecified atom stereocenters. The number of anilines is 2. The number of fused-ring (bicyclic) bond motifs is 1. The van der Waals surface area contributed by atoms with Crippen molar-refractivity contribution in [2.45, 2.75) is 51.7 Å². The molecule has 3 heterocycles. The quantitative estimate of drug-likeness (QED) is 0.339. The molecule has 4 atom stereocenters. The molecule has 11 heteroatoms. The molecular weight excluding hydrogens is 354 g/mol. The number of nitrogen functional groups attached to an aromatic ring is 1. The third-order valence-corrected chi connectivity index (χ3v) is 4.33. The minimum absolute atomic E-state index is 0.163. The number of aromatic nitrogens is 4. The lowest BCUT2D eigenvalue weighted by molar-refractivity contribution is -0.0501. The monoisotopic (exact) mass is 379 g/mol. The summed E-state index contributed by atoms with van der Waals surface area (Å²) in [5.41, 5.74) is 10.2. The second-order valence-corrected chi connectivity index (χ2v) is 7.02. The van der Waals surface area contributed by atoms with Crippen molar-refractivity contribution in [1.29, 1.82) is 0 Å². The zero-order valence-corrected chi connectivity index (χ0v) is 15.4. The van der Waals surface area contributed by atoms with Crippen molar-refractivity contribution in [3.63, 3.8) is 0 Å². The van der Waals surface area contributed by atoms with Crippen molar-refractivity contribution < 1.29 is 20.1 Å². The Labute approximate surface area is 155 Å². The second kappa shape index (κ2) is 7.72. The summed E-state index contributed by atoms with van der Waals surface area (Å²) in [7, 11) is 0. The van der Waals surface area contributed by atoms with Crippen molar-refractivity contribution >= 4 is 28.6 Å². The Morgan fingerprint density at radius 3 is 2.74 bits per heavy atom. The Bertz CT molecular complexity index is 838. The van der Waals surface area contributed by atoms with Gasteiger partial charge >= 0.3 is 0 Å². The molecule has 1 aliphatic heterocycles. The van der Waals surface area contributed by atoms with Crippen LogP contribution in [0.15, 0.2) is 11.4 Å². The first kappa shape index (κ1) is 19.4. The molecule has 1 aliphatic rings. The molecule has 0 bridgehead atoms. The highest BCUT2D eigenvalue weighted by molar-refractivity contribution is 5.85. The molecule has 0 aromatic carbocycles. The Balaban J connectivity index is 2.03. The van der Waals surface area contributed by atoms with Gasteiger partial charge in [0.2, 0.25) is 5.95 Å². The van der Waals surface area contributed by atoms with E-state index in [-0.39, 0.29) is 11.8 Å². The average molecular weight is 379 g/mol. The molecule has 2 aromatic heterocycles. The highest BCUT2D eigenvalue weighted by Crippen LogP contribution is 2.35. The lowest BCUT2D eigenvalue weighted by Gasteiger charge is -2.19. The van der Waals surface area contributed by atoms with E-state index in [1.165, 1.54) is 10.9 Å². The second-order valence-electron chi connectivity index (χ2n) is 7.02. The van der Waals surface area contributed by atoms with Crippen molar-refractivity contribution in [2.75, 3.05) is 17.8 Å². The normalized spacial score (nSPS) is 26.3. The SMILES string of the molecule is C/C(CC(C)C)=N\Nc1nc2c(N)ncnc2n1C1OC(CO)C(O)C1O. The van der Waals surface area contributed by atoms with Gasteiger partial charge in [-0.3, -0.25) is 4.57 Å². The number of ether oxygens (including phenoxy) is 1. The standard InChI is InChI=1S/C16H25N7O4/c1-7(2)4-8(3)21-22-16-20-10-13(17)18-6-19-14(10)23(16)15-12(26)11(25)9(5-24)27-15/h6-7,9,11-12,15,24-26H,4-5H2,1-3H3,(H,20,22)(H2,17,18,19)/b21-8+. The number of hydrogen-bond donors (Lipinski definition) is 5. The van der Waals surface area contributed by atoms with Gasteiger partial charge in [-0.1, -0.05) is 13.8 Å². The molecule has 0 amide bonds. The maximum atomic E-state index is 10.4. The van der Waals surface area contributed by atoms with E-state index in [1.54, 1.807) is 0 Å². The van der Waals surface area contributed by atoms with E-state index in [4.69, 9.17) is 10.5 Å². The van der Waals surface area contributed by atoms with Gasteiger partial charge < -0.3 is 25.8 Å². The number of nitrogens with one attached hydrogen (secondary N) is 1. The lowest BCUT2D eigenvalue weighted by atomic mass is 10.1. The van der Waals surface area contributed by atoms with Crippen molar-refractivity contribution in [1.82, 2.24) is 19.5 Å². The van der Waals surface area contributed by atoms with Crippen LogP contribution < -0.4 is 11.2 Å². The van der Waals surface area contributed by atoms with E-state index in [9.17, 15) is 15.3 Å². The predicted molar refractivity (Wildman–Crippen MR) is 98.9 cm³/mol. The number of rotatable bonds is 6. The maximum Gasteiger partial charge on any atom is 0.228 e. The van der Waals surface area contributed by atoms with Crippen molar-refractivity contribution in [3.05, 3.63) is 6.33 Å². The van der Waals surface area contributed by atoms with Crippen LogP contribution in [0.3, 0.4) is 0 Å². The summed E-state index contributed by atoms with van der Waals surface area (Å²) >= 11 is 0. The maximum absolute atomic E-state index is 10.4. The van der Waals surface area contributed by atoms with E-state index in [0.29, 0.717) is 17.1 Å². The Hall–Kier alpha value is -2.34. The van der Waals surface area contributed by atoms with Crippen molar-refractivity contribution in [2.24, 2.45) is 11.0 Å². The van der Waals surface area contributed by atoms with Gasteiger partial charge in [0.15, 0.2) is 23.2 Å². The first-order chi connectivity index (χ1) is 12.8. The third-order valence-electron chi connectivity index (χ3n) is 4.33. The molecule has 1 fully saturated rings. The molecule has 2 aromatic rings. The van der Waals surface area contributed by atoms with Crippen LogP contribution in [0.25, 0.3) is 11.2 Å². The minimum atomic E-state index is -1.29. The van der Waals surface area contributed by atoms with Crippen LogP contribution in [-0.4, -0.2) is 65.5 Å². The number of nitrogens with zero attached hydrogens (tertiary/aromatic N) is 5.